The number of hydrogen-bond acceptors (Lipinski definition) is 5. The van der Waals surface area contributed by atoms with Gasteiger partial charge in [-0.25, -0.2) is 4.98 Å². The number of carbonyl (C=O) groups is 1. The summed E-state index contributed by atoms with van der Waals surface area (Å²) in [7, 11) is 0. The molecule has 0 saturated carbocycles. The number of benzene rings is 1. The normalized spacial score (nSPS) is 10.1. The van der Waals surface area contributed by atoms with Gasteiger partial charge in [0, 0.05) is 28.0 Å². The average molecular weight is 311 g/mol. The minimum Gasteiger partial charge on any atom is -0.339 e. The molecule has 3 aromatic rings. The van der Waals surface area contributed by atoms with Crippen molar-refractivity contribution in [1.29, 1.82) is 0 Å². The van der Waals surface area contributed by atoms with Gasteiger partial charge in [-0.15, -0.1) is 0 Å². The van der Waals surface area contributed by atoms with Crippen LogP contribution in [0.1, 0.15) is 20.5 Å². The molecule has 2 aromatic heterocycles. The molecule has 0 radical (unpaired) electrons. The molecular weight excluding hydrogens is 290 g/mol. The lowest BCUT2D eigenvalue weighted by Gasteiger charge is -2.09. The van der Waals surface area contributed by atoms with Crippen molar-refractivity contribution >= 4 is 23.1 Å². The molecule has 2 N–H and O–H groups in total. The minimum absolute atomic E-state index is 0. The van der Waals surface area contributed by atoms with Crippen LogP contribution in [-0.4, -0.2) is 20.9 Å². The van der Waals surface area contributed by atoms with Crippen LogP contribution >= 0.6 is 0 Å². The molecule has 120 valence electrons. The highest BCUT2D eigenvalue weighted by Gasteiger charge is 2.13. The van der Waals surface area contributed by atoms with Gasteiger partial charge >= 0.3 is 0 Å². The van der Waals surface area contributed by atoms with Gasteiger partial charge in [-0.3, -0.25) is 14.8 Å². The number of pyridine rings is 1. The van der Waals surface area contributed by atoms with Crippen LogP contribution in [0.3, 0.4) is 0 Å². The Hall–Kier alpha value is -3.28. The Labute approximate surface area is 138 Å². The Morgan fingerprint density at radius 1 is 1.04 bits per heavy atom. The molecule has 0 aliphatic carbocycles. The number of nitrogens with zero attached hydrogens (tertiary/aromatic N) is 3. The van der Waals surface area contributed by atoms with Gasteiger partial charge in [-0.1, -0.05) is 18.2 Å². The summed E-state index contributed by atoms with van der Waals surface area (Å²) >= 11 is 0. The number of nitrogens with one attached hydrogen (secondary N) is 2. The molecule has 0 unspecified atom stereocenters. The maximum Gasteiger partial charge on any atom is 0.276 e. The third kappa shape index (κ3) is 3.68. The standard InChI is InChI=1S/C17H15N5O.3H2/c1-12-16(17(23)21-13-5-3-2-4-6-13)22-15(11-19-12)20-14-7-9-18-10-8-14;;;/h2-11H,1H3,(H,21,23)(H,18,20,22);3*1H. The number of anilines is 3. The van der Waals surface area contributed by atoms with Crippen molar-refractivity contribution in [2.24, 2.45) is 0 Å². The quantitative estimate of drug-likeness (QED) is 0.763. The summed E-state index contributed by atoms with van der Waals surface area (Å²) in [4.78, 5) is 24.9. The number of carbonyl (C=O) groups excluding carboxylic acids is 1. The average Bonchev–Trinajstić information content (AvgIpc) is 2.58. The Morgan fingerprint density at radius 2 is 1.78 bits per heavy atom. The number of amides is 1. The summed E-state index contributed by atoms with van der Waals surface area (Å²) in [6, 6.07) is 12.9. The molecule has 0 atom stereocenters. The van der Waals surface area contributed by atoms with Crippen molar-refractivity contribution in [1.82, 2.24) is 15.0 Å². The van der Waals surface area contributed by atoms with Crippen LogP contribution in [0.25, 0.3) is 0 Å². The van der Waals surface area contributed by atoms with E-state index in [-0.39, 0.29) is 15.9 Å². The molecule has 23 heavy (non-hydrogen) atoms. The molecule has 2 heterocycles. The molecule has 1 aromatic carbocycles. The van der Waals surface area contributed by atoms with E-state index in [0.29, 0.717) is 17.2 Å². The third-order valence-corrected chi connectivity index (χ3v) is 3.15. The van der Waals surface area contributed by atoms with Crippen molar-refractivity contribution in [3.8, 4) is 0 Å². The molecular formula is C17H21N5O. The summed E-state index contributed by atoms with van der Waals surface area (Å²) in [6.07, 6.45) is 4.94. The lowest BCUT2D eigenvalue weighted by molar-refractivity contribution is 0.102. The second kappa shape index (κ2) is 6.65. The predicted octanol–water partition coefficient (Wildman–Crippen LogP) is 3.91. The van der Waals surface area contributed by atoms with Crippen LogP contribution in [-0.2, 0) is 0 Å². The van der Waals surface area contributed by atoms with Crippen molar-refractivity contribution < 1.29 is 9.07 Å². The van der Waals surface area contributed by atoms with Gasteiger partial charge in [0.05, 0.1) is 11.9 Å². The van der Waals surface area contributed by atoms with Crippen molar-refractivity contribution in [3.63, 3.8) is 0 Å². The summed E-state index contributed by atoms with van der Waals surface area (Å²) in [5.74, 6) is 0.208. The molecule has 0 aliphatic heterocycles. The van der Waals surface area contributed by atoms with E-state index in [9.17, 15) is 4.79 Å². The Balaban J connectivity index is 0.00000208. The number of para-hydroxylation sites is 1. The number of rotatable bonds is 4. The number of aromatic nitrogens is 3. The van der Waals surface area contributed by atoms with E-state index in [0.717, 1.165) is 5.69 Å². The number of aryl methyl sites for hydroxylation is 1. The fourth-order valence-corrected chi connectivity index (χ4v) is 2.02. The molecule has 1 amide bonds. The Kier molecular flexibility index (Phi) is 4.24. The van der Waals surface area contributed by atoms with E-state index < -0.39 is 0 Å². The second-order valence-corrected chi connectivity index (χ2v) is 4.87. The van der Waals surface area contributed by atoms with Crippen LogP contribution in [0.4, 0.5) is 17.2 Å². The van der Waals surface area contributed by atoms with E-state index in [1.165, 1.54) is 0 Å². The van der Waals surface area contributed by atoms with Crippen LogP contribution in [0.5, 0.6) is 0 Å². The SMILES string of the molecule is Cc1ncc(Nc2ccncc2)nc1C(=O)Nc1ccccc1.[HH].[HH].[HH]. The highest BCUT2D eigenvalue weighted by atomic mass is 16.1. The highest BCUT2D eigenvalue weighted by molar-refractivity contribution is 6.03. The molecule has 3 rings (SSSR count). The van der Waals surface area contributed by atoms with E-state index in [2.05, 4.69) is 25.6 Å². The van der Waals surface area contributed by atoms with Crippen LogP contribution in [0.2, 0.25) is 0 Å². The highest BCUT2D eigenvalue weighted by Crippen LogP contribution is 2.15. The third-order valence-electron chi connectivity index (χ3n) is 3.15. The second-order valence-electron chi connectivity index (χ2n) is 4.87. The summed E-state index contributed by atoms with van der Waals surface area (Å²) in [6.45, 7) is 1.75. The largest absolute Gasteiger partial charge is 0.339 e. The van der Waals surface area contributed by atoms with Crippen molar-refractivity contribution in [3.05, 3.63) is 72.4 Å². The first-order valence-electron chi connectivity index (χ1n) is 7.09. The molecule has 0 saturated heterocycles. The van der Waals surface area contributed by atoms with Gasteiger partial charge < -0.3 is 10.6 Å². The van der Waals surface area contributed by atoms with E-state index in [1.807, 2.05) is 42.5 Å². The fourth-order valence-electron chi connectivity index (χ4n) is 2.02. The zero-order chi connectivity index (χ0) is 16.1. The molecule has 0 fully saturated rings. The maximum absolute atomic E-state index is 12.4. The van der Waals surface area contributed by atoms with Crippen LogP contribution in [0.15, 0.2) is 61.1 Å². The Bertz CT molecular complexity index is 819. The van der Waals surface area contributed by atoms with Gasteiger partial charge in [0.15, 0.2) is 5.69 Å². The number of hydrogen-bond donors (Lipinski definition) is 2. The monoisotopic (exact) mass is 311 g/mol. The minimum atomic E-state index is -0.292. The summed E-state index contributed by atoms with van der Waals surface area (Å²) in [5, 5.41) is 5.91. The molecule has 0 spiro atoms. The molecule has 0 bridgehead atoms. The van der Waals surface area contributed by atoms with Gasteiger partial charge in [-0.05, 0) is 31.2 Å². The van der Waals surface area contributed by atoms with Crippen LogP contribution in [0, 0.1) is 6.92 Å². The predicted molar refractivity (Wildman–Crippen MR) is 95.0 cm³/mol. The summed E-state index contributed by atoms with van der Waals surface area (Å²) < 4.78 is 0. The first kappa shape index (κ1) is 14.6. The smallest absolute Gasteiger partial charge is 0.276 e. The first-order valence-corrected chi connectivity index (χ1v) is 7.09. The van der Waals surface area contributed by atoms with Crippen molar-refractivity contribution in [2.45, 2.75) is 6.92 Å². The zero-order valence-corrected chi connectivity index (χ0v) is 12.5. The van der Waals surface area contributed by atoms with E-state index in [1.54, 1.807) is 25.5 Å². The molecule has 6 heteroatoms. The topological polar surface area (TPSA) is 79.8 Å². The summed E-state index contributed by atoms with van der Waals surface area (Å²) in [5.41, 5.74) is 2.39. The first-order chi connectivity index (χ1) is 11.2. The van der Waals surface area contributed by atoms with Gasteiger partial charge in [0.1, 0.15) is 5.82 Å². The van der Waals surface area contributed by atoms with Gasteiger partial charge in [0.2, 0.25) is 0 Å². The lowest BCUT2D eigenvalue weighted by atomic mass is 10.2. The van der Waals surface area contributed by atoms with Gasteiger partial charge in [-0.2, -0.15) is 0 Å². The zero-order valence-electron chi connectivity index (χ0n) is 12.5. The molecule has 0 aliphatic rings. The maximum atomic E-state index is 12.4. The lowest BCUT2D eigenvalue weighted by Crippen LogP contribution is -2.16. The van der Waals surface area contributed by atoms with E-state index >= 15 is 0 Å². The Morgan fingerprint density at radius 3 is 2.52 bits per heavy atom. The molecule has 6 nitrogen and oxygen atoms in total. The van der Waals surface area contributed by atoms with Crippen molar-refractivity contribution in [2.75, 3.05) is 10.6 Å². The van der Waals surface area contributed by atoms with Crippen LogP contribution < -0.4 is 10.6 Å². The van der Waals surface area contributed by atoms with E-state index in [4.69, 9.17) is 0 Å². The fraction of sp³-hybridized carbons (Fsp3) is 0.0588. The van der Waals surface area contributed by atoms with Gasteiger partial charge in [0.25, 0.3) is 5.91 Å².